The molecule has 2 rings (SSSR count). The average Bonchev–Trinajstić information content (AvgIpc) is 2.38. The molecule has 0 radical (unpaired) electrons. The zero-order valence-electron chi connectivity index (χ0n) is 11.1. The molecule has 1 N–H and O–H groups in total. The van der Waals surface area contributed by atoms with Crippen LogP contribution in [-0.4, -0.2) is 45.7 Å². The minimum Gasteiger partial charge on any atom is -0.508 e. The first kappa shape index (κ1) is 15.1. The molecule has 0 aromatic heterocycles. The molecule has 0 atom stereocenters. The lowest BCUT2D eigenvalue weighted by Crippen LogP contribution is -2.40. The molecule has 0 unspecified atom stereocenters. The van der Waals surface area contributed by atoms with Crippen LogP contribution < -0.4 is 4.31 Å². The summed E-state index contributed by atoms with van der Waals surface area (Å²) in [5, 5.41) is 8.54. The number of aromatic hydroxyl groups is 1. The monoisotopic (exact) mass is 319 g/mol. The van der Waals surface area contributed by atoms with E-state index in [1.807, 2.05) is 0 Å². The Morgan fingerprint density at radius 2 is 1.65 bits per heavy atom. The van der Waals surface area contributed by atoms with Crippen LogP contribution in [0.5, 0.6) is 5.75 Å². The van der Waals surface area contributed by atoms with Crippen LogP contribution in [0.4, 0.5) is 5.69 Å². The Labute approximate surface area is 119 Å². The van der Waals surface area contributed by atoms with Crippen molar-refractivity contribution in [1.82, 2.24) is 0 Å². The van der Waals surface area contributed by atoms with Gasteiger partial charge < -0.3 is 5.11 Å². The quantitative estimate of drug-likeness (QED) is 0.887. The van der Waals surface area contributed by atoms with E-state index in [0.29, 0.717) is 5.69 Å². The fourth-order valence-electron chi connectivity index (χ4n) is 2.20. The molecule has 1 saturated heterocycles. The molecule has 0 spiro atoms. The predicted molar refractivity (Wildman–Crippen MR) is 77.1 cm³/mol. The summed E-state index contributed by atoms with van der Waals surface area (Å²) in [5.41, 5.74) is 0.441. The van der Waals surface area contributed by atoms with Crippen LogP contribution in [-0.2, 0) is 19.9 Å². The maximum atomic E-state index is 12.5. The zero-order chi connectivity index (χ0) is 15.0. The van der Waals surface area contributed by atoms with Crippen molar-refractivity contribution < 1.29 is 21.9 Å². The minimum absolute atomic E-state index is 0.0586. The number of benzene rings is 1. The van der Waals surface area contributed by atoms with E-state index < -0.39 is 25.1 Å². The van der Waals surface area contributed by atoms with E-state index in [2.05, 4.69) is 0 Å². The maximum Gasteiger partial charge on any atom is 0.237 e. The molecular formula is C12H17NO5S2. The topological polar surface area (TPSA) is 91.8 Å². The van der Waals surface area contributed by atoms with Gasteiger partial charge >= 0.3 is 0 Å². The van der Waals surface area contributed by atoms with E-state index in [-0.39, 0.29) is 30.1 Å². The molecule has 1 aromatic rings. The maximum absolute atomic E-state index is 12.5. The molecule has 20 heavy (non-hydrogen) atoms. The molecule has 1 fully saturated rings. The van der Waals surface area contributed by atoms with Crippen molar-refractivity contribution in [2.24, 2.45) is 0 Å². The summed E-state index contributed by atoms with van der Waals surface area (Å²) in [7, 11) is -5.24. The Morgan fingerprint density at radius 3 is 2.15 bits per heavy atom. The molecule has 112 valence electrons. The van der Waals surface area contributed by atoms with Gasteiger partial charge in [-0.3, -0.25) is 4.31 Å². The molecule has 0 bridgehead atoms. The van der Waals surface area contributed by atoms with Crippen molar-refractivity contribution in [3.63, 3.8) is 0 Å². The summed E-state index contributed by atoms with van der Waals surface area (Å²) < 4.78 is 48.8. The van der Waals surface area contributed by atoms with Gasteiger partial charge in [-0.2, -0.15) is 0 Å². The van der Waals surface area contributed by atoms with Crippen LogP contribution in [0.1, 0.15) is 12.8 Å². The van der Waals surface area contributed by atoms with E-state index in [1.165, 1.54) is 31.3 Å². The number of hydrogen-bond acceptors (Lipinski definition) is 5. The Kier molecular flexibility index (Phi) is 3.97. The SMILES string of the molecule is CN(c1ccc(O)cc1)S(=O)(=O)C1CCS(=O)(=O)CC1. The lowest BCUT2D eigenvalue weighted by molar-refractivity contribution is 0.475. The van der Waals surface area contributed by atoms with Crippen molar-refractivity contribution in [3.05, 3.63) is 24.3 Å². The standard InChI is InChI=1S/C12H17NO5S2/c1-13(10-2-4-11(14)5-3-10)20(17,18)12-6-8-19(15,16)9-7-12/h2-5,12,14H,6-9H2,1H3. The average molecular weight is 319 g/mol. The highest BCUT2D eigenvalue weighted by atomic mass is 32.2. The zero-order valence-corrected chi connectivity index (χ0v) is 12.7. The fourth-order valence-corrected chi connectivity index (χ4v) is 5.68. The lowest BCUT2D eigenvalue weighted by Gasteiger charge is -2.28. The van der Waals surface area contributed by atoms with Gasteiger partial charge in [0.1, 0.15) is 15.6 Å². The number of phenols is 1. The molecule has 0 saturated carbocycles. The Hall–Kier alpha value is -1.28. The minimum atomic E-state index is -3.59. The fraction of sp³-hybridized carbons (Fsp3) is 0.500. The number of sulfone groups is 1. The first-order valence-corrected chi connectivity index (χ1v) is 9.52. The van der Waals surface area contributed by atoms with Gasteiger partial charge in [0.05, 0.1) is 22.4 Å². The normalized spacial score (nSPS) is 19.6. The van der Waals surface area contributed by atoms with E-state index in [1.54, 1.807) is 0 Å². The number of hydrogen-bond donors (Lipinski definition) is 1. The van der Waals surface area contributed by atoms with Crippen LogP contribution >= 0.6 is 0 Å². The van der Waals surface area contributed by atoms with Gasteiger partial charge in [0.2, 0.25) is 10.0 Å². The van der Waals surface area contributed by atoms with Gasteiger partial charge in [-0.1, -0.05) is 0 Å². The summed E-state index contributed by atoms with van der Waals surface area (Å²) in [6.45, 7) is 0. The second kappa shape index (κ2) is 5.25. The van der Waals surface area contributed by atoms with Gasteiger partial charge in [0, 0.05) is 7.05 Å². The molecule has 1 aliphatic heterocycles. The van der Waals surface area contributed by atoms with Crippen LogP contribution in [0.25, 0.3) is 0 Å². The van der Waals surface area contributed by atoms with Crippen molar-refractivity contribution in [2.45, 2.75) is 18.1 Å². The first-order valence-electron chi connectivity index (χ1n) is 6.19. The highest BCUT2D eigenvalue weighted by molar-refractivity contribution is 7.94. The number of sulfonamides is 1. The van der Waals surface area contributed by atoms with Crippen LogP contribution in [0.3, 0.4) is 0 Å². The Balaban J connectivity index is 2.20. The molecule has 1 aromatic carbocycles. The van der Waals surface area contributed by atoms with Gasteiger partial charge in [-0.25, -0.2) is 16.8 Å². The van der Waals surface area contributed by atoms with E-state index >= 15 is 0 Å². The largest absolute Gasteiger partial charge is 0.508 e. The van der Waals surface area contributed by atoms with Gasteiger partial charge in [0.15, 0.2) is 0 Å². The summed E-state index contributed by atoms with van der Waals surface area (Å²) in [5.74, 6) is -0.107. The lowest BCUT2D eigenvalue weighted by atomic mass is 10.2. The molecule has 0 amide bonds. The summed E-state index contributed by atoms with van der Waals surface area (Å²) in [6.07, 6.45) is 0.264. The van der Waals surface area contributed by atoms with Crippen LogP contribution in [0, 0.1) is 0 Å². The predicted octanol–water partition coefficient (Wildman–Crippen LogP) is 0.735. The number of phenolic OH excluding ortho intramolecular Hbond substituents is 1. The second-order valence-corrected chi connectivity index (χ2v) is 9.43. The molecule has 1 heterocycles. The first-order chi connectivity index (χ1) is 9.22. The summed E-state index contributed by atoms with van der Waals surface area (Å²) in [4.78, 5) is 0. The highest BCUT2D eigenvalue weighted by Gasteiger charge is 2.35. The molecule has 0 aliphatic carbocycles. The second-order valence-electron chi connectivity index (χ2n) is 4.88. The number of rotatable bonds is 3. The van der Waals surface area contributed by atoms with Crippen molar-refractivity contribution in [3.8, 4) is 5.75 Å². The van der Waals surface area contributed by atoms with Crippen molar-refractivity contribution in [2.75, 3.05) is 22.9 Å². The number of anilines is 1. The van der Waals surface area contributed by atoms with E-state index in [9.17, 15) is 21.9 Å². The summed E-state index contributed by atoms with van der Waals surface area (Å²) >= 11 is 0. The van der Waals surface area contributed by atoms with Crippen molar-refractivity contribution in [1.29, 1.82) is 0 Å². The molecule has 8 heteroatoms. The van der Waals surface area contributed by atoms with E-state index in [4.69, 9.17) is 0 Å². The third-order valence-electron chi connectivity index (χ3n) is 3.52. The molecular weight excluding hydrogens is 302 g/mol. The molecule has 6 nitrogen and oxygen atoms in total. The Morgan fingerprint density at radius 1 is 1.15 bits per heavy atom. The van der Waals surface area contributed by atoms with Crippen LogP contribution in [0.15, 0.2) is 24.3 Å². The third kappa shape index (κ3) is 3.06. The molecule has 1 aliphatic rings. The highest BCUT2D eigenvalue weighted by Crippen LogP contribution is 2.26. The van der Waals surface area contributed by atoms with Gasteiger partial charge in [-0.15, -0.1) is 0 Å². The Bertz CT molecular complexity index is 665. The van der Waals surface area contributed by atoms with Crippen LogP contribution in [0.2, 0.25) is 0 Å². The van der Waals surface area contributed by atoms with Crippen molar-refractivity contribution >= 4 is 25.5 Å². The van der Waals surface area contributed by atoms with Gasteiger partial charge in [0.25, 0.3) is 0 Å². The number of nitrogens with zero attached hydrogens (tertiary/aromatic N) is 1. The van der Waals surface area contributed by atoms with E-state index in [0.717, 1.165) is 4.31 Å². The smallest absolute Gasteiger partial charge is 0.237 e. The summed E-state index contributed by atoms with van der Waals surface area (Å²) in [6, 6.07) is 5.83. The third-order valence-corrected chi connectivity index (χ3v) is 7.52. The van der Waals surface area contributed by atoms with Gasteiger partial charge in [-0.05, 0) is 37.1 Å².